The minimum absolute atomic E-state index is 0.108. The summed E-state index contributed by atoms with van der Waals surface area (Å²) in [4.78, 5) is 21.4. The monoisotopic (exact) mass is 270 g/mol. The average molecular weight is 270 g/mol. The van der Waals surface area contributed by atoms with Crippen LogP contribution >= 0.6 is 0 Å². The first-order chi connectivity index (χ1) is 7.73. The van der Waals surface area contributed by atoms with Crippen LogP contribution in [0, 0.1) is 0 Å². The Labute approximate surface area is 98.2 Å². The van der Waals surface area contributed by atoms with Crippen molar-refractivity contribution in [2.75, 3.05) is 0 Å². The van der Waals surface area contributed by atoms with Gasteiger partial charge in [0.05, 0.1) is 0 Å². The maximum atomic E-state index is 12.7. The number of carbonyl (C=O) groups is 2. The van der Waals surface area contributed by atoms with Gasteiger partial charge in [-0.2, -0.15) is 0 Å². The fraction of sp³-hybridized carbons (Fsp3) is 0.556. The molecule has 0 aromatic heterocycles. The lowest BCUT2D eigenvalue weighted by Gasteiger charge is -2.17. The lowest BCUT2D eigenvalue weighted by Crippen LogP contribution is -2.31. The summed E-state index contributed by atoms with van der Waals surface area (Å²) in [5.74, 6) is -1.48. The van der Waals surface area contributed by atoms with Crippen molar-refractivity contribution >= 4 is 21.2 Å². The van der Waals surface area contributed by atoms with Crippen molar-refractivity contribution in [3.8, 4) is 0 Å². The van der Waals surface area contributed by atoms with Gasteiger partial charge in [0.25, 0.3) is 18.4 Å². The van der Waals surface area contributed by atoms with Gasteiger partial charge in [-0.3, -0.25) is 9.59 Å². The number of carbonyl (C=O) groups excluding carboxylic acids is 2. The molecular formula is C9H13F3O4Si. The average Bonchev–Trinajstić information content (AvgIpc) is 2.14. The van der Waals surface area contributed by atoms with Crippen molar-refractivity contribution in [3.63, 3.8) is 0 Å². The molecule has 0 radical (unpaired) electrons. The van der Waals surface area contributed by atoms with Gasteiger partial charge in [0.1, 0.15) is 0 Å². The maximum Gasteiger partial charge on any atom is 0.478 e. The summed E-state index contributed by atoms with van der Waals surface area (Å²) >= 11 is 0. The quantitative estimate of drug-likeness (QED) is 0.685. The summed E-state index contributed by atoms with van der Waals surface area (Å²) in [6.07, 6.45) is -6.27. The zero-order valence-electron chi connectivity index (χ0n) is 9.41. The Balaban J connectivity index is 4.51. The predicted molar refractivity (Wildman–Crippen MR) is 55.3 cm³/mol. The molecule has 0 rings (SSSR count). The van der Waals surface area contributed by atoms with Crippen LogP contribution < -0.4 is 0 Å². The van der Waals surface area contributed by atoms with E-state index < -0.39 is 40.2 Å². The summed E-state index contributed by atoms with van der Waals surface area (Å²) < 4.78 is 46.0. The molecule has 1 unspecified atom stereocenters. The highest BCUT2D eigenvalue weighted by atomic mass is 28.3. The van der Waals surface area contributed by atoms with Crippen LogP contribution in [0.2, 0.25) is 0 Å². The smallest absolute Gasteiger partial charge is 0.478 e. The molecule has 0 amide bonds. The van der Waals surface area contributed by atoms with E-state index in [1.165, 1.54) is 0 Å². The molecule has 0 saturated carbocycles. The lowest BCUT2D eigenvalue weighted by atomic mass is 10.3. The highest BCUT2D eigenvalue weighted by molar-refractivity contribution is 6.57. The topological polar surface area (TPSA) is 52.6 Å². The third-order valence-corrected chi connectivity index (χ3v) is 3.60. The van der Waals surface area contributed by atoms with Gasteiger partial charge in [0.2, 0.25) is 0 Å². The highest BCUT2D eigenvalue weighted by Crippen LogP contribution is 2.17. The SMILES string of the molecule is C=C(CC(F)C(F)F)[SiH](OC(C)=O)OC(C)=O. The molecule has 0 spiro atoms. The number of halogens is 3. The van der Waals surface area contributed by atoms with Gasteiger partial charge >= 0.3 is 9.28 Å². The zero-order valence-corrected chi connectivity index (χ0v) is 10.6. The molecular weight excluding hydrogens is 257 g/mol. The number of allylic oxidation sites excluding steroid dienone is 1. The Morgan fingerprint density at radius 2 is 1.59 bits per heavy atom. The van der Waals surface area contributed by atoms with Crippen LogP contribution in [0.1, 0.15) is 20.3 Å². The molecule has 0 N–H and O–H groups in total. The number of hydrogen-bond donors (Lipinski definition) is 0. The fourth-order valence-corrected chi connectivity index (χ4v) is 2.33. The van der Waals surface area contributed by atoms with Crippen LogP contribution in [-0.2, 0) is 18.4 Å². The molecule has 0 aromatic rings. The second kappa shape index (κ2) is 7.10. The standard InChI is InChI=1S/C9H13F3O4Si/c1-5(4-8(10)9(11)12)17(15-6(2)13)16-7(3)14/h8-9,17H,1,4H2,2-3H3. The van der Waals surface area contributed by atoms with Crippen molar-refractivity contribution in [1.82, 2.24) is 0 Å². The second-order valence-electron chi connectivity index (χ2n) is 3.26. The summed E-state index contributed by atoms with van der Waals surface area (Å²) in [6.45, 7) is 5.45. The van der Waals surface area contributed by atoms with Crippen LogP contribution in [0.25, 0.3) is 0 Å². The molecule has 4 nitrogen and oxygen atoms in total. The summed E-state index contributed by atoms with van der Waals surface area (Å²) in [6, 6.07) is 0. The Morgan fingerprint density at radius 3 is 1.88 bits per heavy atom. The predicted octanol–water partition coefficient (Wildman–Crippen LogP) is 1.42. The molecule has 0 aliphatic carbocycles. The zero-order chi connectivity index (χ0) is 13.6. The van der Waals surface area contributed by atoms with Gasteiger partial charge in [-0.15, -0.1) is 0 Å². The molecule has 1 atom stereocenters. The van der Waals surface area contributed by atoms with Crippen molar-refractivity contribution in [3.05, 3.63) is 11.8 Å². The fourth-order valence-electron chi connectivity index (χ4n) is 0.928. The van der Waals surface area contributed by atoms with Crippen molar-refractivity contribution in [2.45, 2.75) is 32.9 Å². The van der Waals surface area contributed by atoms with E-state index in [0.717, 1.165) is 13.8 Å². The van der Waals surface area contributed by atoms with Crippen LogP contribution in [0.15, 0.2) is 11.8 Å². The van der Waals surface area contributed by atoms with Gasteiger partial charge < -0.3 is 8.85 Å². The Kier molecular flexibility index (Phi) is 6.55. The van der Waals surface area contributed by atoms with E-state index in [1.807, 2.05) is 0 Å². The largest absolute Gasteiger partial charge is 0.484 e. The normalized spacial score (nSPS) is 12.4. The summed E-state index contributed by atoms with van der Waals surface area (Å²) in [5.41, 5.74) is 0. The molecule has 0 saturated heterocycles. The first-order valence-corrected chi connectivity index (χ1v) is 6.20. The molecule has 0 heterocycles. The summed E-state index contributed by atoms with van der Waals surface area (Å²) in [7, 11) is -3.01. The number of alkyl halides is 3. The Bertz CT molecular complexity index is 293. The minimum atomic E-state index is -3.16. The highest BCUT2D eigenvalue weighted by Gasteiger charge is 2.29. The van der Waals surface area contributed by atoms with Crippen LogP contribution in [0.3, 0.4) is 0 Å². The third-order valence-electron chi connectivity index (χ3n) is 1.61. The summed E-state index contributed by atoms with van der Waals surface area (Å²) in [5, 5.41) is -0.108. The van der Waals surface area contributed by atoms with Gasteiger partial charge in [-0.1, -0.05) is 6.58 Å². The van der Waals surface area contributed by atoms with Gasteiger partial charge in [0.15, 0.2) is 6.17 Å². The van der Waals surface area contributed by atoms with Crippen LogP contribution in [-0.4, -0.2) is 33.8 Å². The number of hydrogen-bond acceptors (Lipinski definition) is 4. The molecule has 0 bridgehead atoms. The van der Waals surface area contributed by atoms with Gasteiger partial charge in [-0.05, 0) is 5.20 Å². The van der Waals surface area contributed by atoms with E-state index in [2.05, 4.69) is 15.4 Å². The Morgan fingerprint density at radius 1 is 1.18 bits per heavy atom. The van der Waals surface area contributed by atoms with E-state index in [0.29, 0.717) is 0 Å². The molecule has 0 fully saturated rings. The molecule has 17 heavy (non-hydrogen) atoms. The van der Waals surface area contributed by atoms with E-state index in [-0.39, 0.29) is 5.20 Å². The first kappa shape index (κ1) is 15.7. The van der Waals surface area contributed by atoms with Crippen molar-refractivity contribution in [2.24, 2.45) is 0 Å². The molecule has 0 aliphatic rings. The third kappa shape index (κ3) is 6.77. The Hall–Kier alpha value is -1.31. The van der Waals surface area contributed by atoms with Crippen molar-refractivity contribution in [1.29, 1.82) is 0 Å². The van der Waals surface area contributed by atoms with E-state index in [4.69, 9.17) is 0 Å². The minimum Gasteiger partial charge on any atom is -0.484 e. The van der Waals surface area contributed by atoms with Crippen molar-refractivity contribution < 1.29 is 31.6 Å². The number of rotatable bonds is 6. The van der Waals surface area contributed by atoms with Gasteiger partial charge in [-0.25, -0.2) is 13.2 Å². The molecule has 8 heteroatoms. The first-order valence-electron chi connectivity index (χ1n) is 4.68. The van der Waals surface area contributed by atoms with Gasteiger partial charge in [0, 0.05) is 20.3 Å². The molecule has 98 valence electrons. The maximum absolute atomic E-state index is 12.7. The second-order valence-corrected chi connectivity index (χ2v) is 5.22. The van der Waals surface area contributed by atoms with Crippen LogP contribution in [0.4, 0.5) is 13.2 Å². The lowest BCUT2D eigenvalue weighted by molar-refractivity contribution is -0.137. The van der Waals surface area contributed by atoms with Crippen LogP contribution in [0.5, 0.6) is 0 Å². The van der Waals surface area contributed by atoms with E-state index in [1.54, 1.807) is 0 Å². The van der Waals surface area contributed by atoms with E-state index >= 15 is 0 Å². The molecule has 0 aromatic carbocycles. The molecule has 0 aliphatic heterocycles. The van der Waals surface area contributed by atoms with E-state index in [9.17, 15) is 22.8 Å².